The topological polar surface area (TPSA) is 127 Å². The molecule has 0 fully saturated rings. The Morgan fingerprint density at radius 2 is 1.72 bits per heavy atom. The van der Waals surface area contributed by atoms with Gasteiger partial charge in [-0.3, -0.25) is 4.79 Å². The van der Waals surface area contributed by atoms with Crippen LogP contribution in [0.4, 0.5) is 14.6 Å². The van der Waals surface area contributed by atoms with E-state index in [0.717, 1.165) is 21.8 Å². The molecule has 12 heteroatoms. The molecule has 9 nitrogen and oxygen atoms in total. The van der Waals surface area contributed by atoms with Crippen molar-refractivity contribution < 1.29 is 27.1 Å². The first-order valence-corrected chi connectivity index (χ1v) is 14.8. The van der Waals surface area contributed by atoms with Crippen molar-refractivity contribution >= 4 is 32.8 Å². The van der Waals surface area contributed by atoms with Crippen LogP contribution in [0.5, 0.6) is 0 Å². The molecule has 0 aliphatic heterocycles. The van der Waals surface area contributed by atoms with Gasteiger partial charge in [0.25, 0.3) is 10.0 Å². The molecule has 5 rings (SSSR count). The normalized spacial score (nSPS) is 12.8. The molecule has 222 valence electrons. The van der Waals surface area contributed by atoms with Crippen molar-refractivity contribution in [2.45, 2.75) is 45.1 Å². The van der Waals surface area contributed by atoms with Crippen LogP contribution in [0.3, 0.4) is 0 Å². The fraction of sp³-hybridized carbons (Fsp3) is 0.226. The monoisotopic (exact) mass is 605 g/mol. The predicted octanol–water partition coefficient (Wildman–Crippen LogP) is 6.29. The second kappa shape index (κ2) is 11.2. The molecule has 2 aromatic carbocycles. The zero-order chi connectivity index (χ0) is 31.1. The van der Waals surface area contributed by atoms with Crippen molar-refractivity contribution in [1.29, 1.82) is 0 Å². The Hall–Kier alpha value is -4.71. The molecule has 3 aromatic heterocycles. The minimum absolute atomic E-state index is 0.0123. The number of aryl methyl sites for hydroxylation is 1. The molecule has 1 atom stereocenters. The largest absolute Gasteiger partial charge is 0.481 e. The minimum Gasteiger partial charge on any atom is -0.481 e. The van der Waals surface area contributed by atoms with E-state index in [4.69, 9.17) is 0 Å². The summed E-state index contributed by atoms with van der Waals surface area (Å²) in [6, 6.07) is 15.0. The van der Waals surface area contributed by atoms with Crippen LogP contribution in [0.25, 0.3) is 33.7 Å². The Morgan fingerprint density at radius 3 is 2.35 bits per heavy atom. The highest BCUT2D eigenvalue weighted by molar-refractivity contribution is 7.90. The molecule has 2 N–H and O–H groups in total. The highest BCUT2D eigenvalue weighted by Gasteiger charge is 2.30. The highest BCUT2D eigenvalue weighted by atomic mass is 32.2. The third-order valence-electron chi connectivity index (χ3n) is 7.03. The van der Waals surface area contributed by atoms with Gasteiger partial charge in [-0.15, -0.1) is 0 Å². The standard InChI is InChI=1S/C31H29F2N5O4S/c1-18-10-12-21(13-11-18)43(41,42)38-17-23(22-14-20(32)16-34-30(22)38)28-36-27(19-8-6-5-7-9-19)26(33)29(37-28)35-24(15-25(39)40)31(2,3)4/h5-14,16-17,24H,15H2,1-4H3,(H,39,40)(H,35,36,37). The molecule has 0 aliphatic carbocycles. The lowest BCUT2D eigenvalue weighted by atomic mass is 9.84. The summed E-state index contributed by atoms with van der Waals surface area (Å²) in [6.07, 6.45) is 1.81. The number of carboxylic acid groups (broad SMARTS) is 1. The number of halogens is 2. The molecule has 0 aliphatic rings. The molecule has 5 aromatic rings. The fourth-order valence-corrected chi connectivity index (χ4v) is 5.93. The summed E-state index contributed by atoms with van der Waals surface area (Å²) < 4.78 is 58.9. The Labute approximate surface area is 247 Å². The number of rotatable bonds is 8. The molecular formula is C31H29F2N5O4S. The van der Waals surface area contributed by atoms with E-state index in [1.165, 1.54) is 18.3 Å². The van der Waals surface area contributed by atoms with Gasteiger partial charge < -0.3 is 10.4 Å². The van der Waals surface area contributed by atoms with Gasteiger partial charge in [0, 0.05) is 28.8 Å². The molecule has 43 heavy (non-hydrogen) atoms. The molecule has 3 heterocycles. The summed E-state index contributed by atoms with van der Waals surface area (Å²) in [5.41, 5.74) is 0.554. The van der Waals surface area contributed by atoms with Crippen LogP contribution in [0.2, 0.25) is 0 Å². The quantitative estimate of drug-likeness (QED) is 0.211. The zero-order valence-electron chi connectivity index (χ0n) is 23.8. The first-order valence-electron chi connectivity index (χ1n) is 13.4. The molecule has 0 spiro atoms. The van der Waals surface area contributed by atoms with E-state index in [9.17, 15) is 22.7 Å². The molecule has 0 saturated carbocycles. The number of fused-ring (bicyclic) bond motifs is 1. The number of aromatic nitrogens is 4. The lowest BCUT2D eigenvalue weighted by Crippen LogP contribution is -2.36. The number of hydrogen-bond donors (Lipinski definition) is 2. The molecule has 0 saturated heterocycles. The Balaban J connectivity index is 1.77. The summed E-state index contributed by atoms with van der Waals surface area (Å²) in [5.74, 6) is -3.03. The third kappa shape index (κ3) is 5.96. The Morgan fingerprint density at radius 1 is 1.05 bits per heavy atom. The number of carbonyl (C=O) groups is 1. The lowest BCUT2D eigenvalue weighted by Gasteiger charge is -2.31. The lowest BCUT2D eigenvalue weighted by molar-refractivity contribution is -0.137. The summed E-state index contributed by atoms with van der Waals surface area (Å²) in [7, 11) is -4.19. The first-order chi connectivity index (χ1) is 20.3. The number of nitrogens with one attached hydrogen (secondary N) is 1. The van der Waals surface area contributed by atoms with Gasteiger partial charge in [0.2, 0.25) is 0 Å². The molecule has 0 bridgehead atoms. The van der Waals surface area contributed by atoms with E-state index < -0.39 is 39.1 Å². The maximum Gasteiger partial charge on any atom is 0.305 e. The number of carboxylic acids is 1. The van der Waals surface area contributed by atoms with Crippen LogP contribution >= 0.6 is 0 Å². The van der Waals surface area contributed by atoms with Crippen LogP contribution in [-0.2, 0) is 14.8 Å². The van der Waals surface area contributed by atoms with Crippen LogP contribution in [0.1, 0.15) is 32.8 Å². The van der Waals surface area contributed by atoms with E-state index in [2.05, 4.69) is 20.3 Å². The van der Waals surface area contributed by atoms with Gasteiger partial charge in [-0.05, 0) is 30.5 Å². The summed E-state index contributed by atoms with van der Waals surface area (Å²) in [6.45, 7) is 7.25. The first kappa shape index (κ1) is 29.8. The van der Waals surface area contributed by atoms with Gasteiger partial charge in [-0.25, -0.2) is 36.1 Å². The van der Waals surface area contributed by atoms with Crippen molar-refractivity contribution in [3.63, 3.8) is 0 Å². The van der Waals surface area contributed by atoms with E-state index in [-0.39, 0.29) is 45.2 Å². The number of aliphatic carboxylic acids is 1. The number of nitrogens with zero attached hydrogens (tertiary/aromatic N) is 4. The van der Waals surface area contributed by atoms with Crippen LogP contribution in [0.15, 0.2) is 78.0 Å². The average molecular weight is 606 g/mol. The smallest absolute Gasteiger partial charge is 0.305 e. The average Bonchev–Trinajstić information content (AvgIpc) is 3.33. The summed E-state index contributed by atoms with van der Waals surface area (Å²) in [4.78, 5) is 24.6. The molecular weight excluding hydrogens is 576 g/mol. The van der Waals surface area contributed by atoms with Crippen molar-refractivity contribution in [2.75, 3.05) is 5.32 Å². The summed E-state index contributed by atoms with van der Waals surface area (Å²) in [5, 5.41) is 12.6. The number of pyridine rings is 1. The number of benzene rings is 2. The van der Waals surface area contributed by atoms with Gasteiger partial charge in [0.05, 0.1) is 17.5 Å². The maximum atomic E-state index is 16.1. The van der Waals surface area contributed by atoms with Crippen LogP contribution in [-0.4, -0.2) is 44.5 Å². The zero-order valence-corrected chi connectivity index (χ0v) is 24.7. The van der Waals surface area contributed by atoms with Gasteiger partial charge in [-0.1, -0.05) is 68.8 Å². The molecule has 1 unspecified atom stereocenters. The van der Waals surface area contributed by atoms with E-state index in [1.807, 2.05) is 27.7 Å². The Bertz CT molecular complexity index is 1940. The van der Waals surface area contributed by atoms with E-state index in [1.54, 1.807) is 42.5 Å². The van der Waals surface area contributed by atoms with E-state index in [0.29, 0.717) is 5.56 Å². The van der Waals surface area contributed by atoms with Crippen LogP contribution in [0, 0.1) is 24.0 Å². The van der Waals surface area contributed by atoms with Crippen molar-refractivity contribution in [1.82, 2.24) is 18.9 Å². The third-order valence-corrected chi connectivity index (χ3v) is 8.69. The van der Waals surface area contributed by atoms with Gasteiger partial charge in [0.1, 0.15) is 11.5 Å². The van der Waals surface area contributed by atoms with Crippen LogP contribution < -0.4 is 5.32 Å². The maximum absolute atomic E-state index is 16.1. The fourth-order valence-electron chi connectivity index (χ4n) is 4.60. The second-order valence-corrected chi connectivity index (χ2v) is 13.1. The van der Waals surface area contributed by atoms with Crippen molar-refractivity contribution in [2.24, 2.45) is 5.41 Å². The Kier molecular flexibility index (Phi) is 7.74. The minimum atomic E-state index is -4.19. The number of hydrogen-bond acceptors (Lipinski definition) is 7. The van der Waals surface area contributed by atoms with E-state index >= 15 is 4.39 Å². The molecule has 0 amide bonds. The predicted molar refractivity (Wildman–Crippen MR) is 159 cm³/mol. The SMILES string of the molecule is Cc1ccc(S(=O)(=O)n2cc(-c3nc(NC(CC(=O)O)C(C)(C)C)c(F)c(-c4ccccc4)n3)c3cc(F)cnc32)cc1. The second-order valence-electron chi connectivity index (χ2n) is 11.3. The van der Waals surface area contributed by atoms with Crippen molar-refractivity contribution in [3.05, 3.63) is 90.3 Å². The van der Waals surface area contributed by atoms with Gasteiger partial charge in [-0.2, -0.15) is 0 Å². The highest BCUT2D eigenvalue weighted by Crippen LogP contribution is 2.35. The molecule has 0 radical (unpaired) electrons. The van der Waals surface area contributed by atoms with Crippen molar-refractivity contribution in [3.8, 4) is 22.6 Å². The summed E-state index contributed by atoms with van der Waals surface area (Å²) >= 11 is 0. The van der Waals surface area contributed by atoms with Gasteiger partial charge >= 0.3 is 5.97 Å². The van der Waals surface area contributed by atoms with Gasteiger partial charge in [0.15, 0.2) is 23.1 Å². The number of anilines is 1.